The summed E-state index contributed by atoms with van der Waals surface area (Å²) in [5.41, 5.74) is 0.676. The third-order valence-corrected chi connectivity index (χ3v) is 3.32. The van der Waals surface area contributed by atoms with Crippen molar-refractivity contribution >= 4 is 11.6 Å². The molecule has 0 spiro atoms. The molecule has 2 rings (SSSR count). The van der Waals surface area contributed by atoms with Crippen LogP contribution in [0.2, 0.25) is 0 Å². The van der Waals surface area contributed by atoms with Crippen molar-refractivity contribution in [2.24, 2.45) is 5.92 Å². The zero-order chi connectivity index (χ0) is 12.3. The number of rotatable bonds is 3. The van der Waals surface area contributed by atoms with Crippen molar-refractivity contribution < 1.29 is 4.79 Å². The molecule has 1 aromatic heterocycles. The lowest BCUT2D eigenvalue weighted by atomic mass is 10.1. The minimum atomic E-state index is -0.0358. The second-order valence-electron chi connectivity index (χ2n) is 4.51. The molecule has 1 heterocycles. The monoisotopic (exact) mass is 234 g/mol. The molecule has 0 unspecified atom stereocenters. The number of hydrogen-bond acceptors (Lipinski definition) is 2. The predicted octanol–water partition coefficient (Wildman–Crippen LogP) is 2.00. The number of nitrogens with zero attached hydrogens (tertiary/aromatic N) is 1. The maximum Gasteiger partial charge on any atom is 0.250 e. The molecule has 0 radical (unpaired) electrons. The van der Waals surface area contributed by atoms with Crippen LogP contribution >= 0.6 is 0 Å². The Morgan fingerprint density at radius 1 is 1.41 bits per heavy atom. The van der Waals surface area contributed by atoms with Crippen molar-refractivity contribution in [3.05, 3.63) is 28.7 Å². The number of aryl methyl sites for hydroxylation is 1. The summed E-state index contributed by atoms with van der Waals surface area (Å²) in [4.78, 5) is 23.3. The van der Waals surface area contributed by atoms with Crippen LogP contribution < -0.4 is 10.9 Å². The summed E-state index contributed by atoms with van der Waals surface area (Å²) in [6.45, 7) is 2.52. The second kappa shape index (κ2) is 5.17. The number of pyridine rings is 1. The lowest BCUT2D eigenvalue weighted by Crippen LogP contribution is -2.23. The third-order valence-electron chi connectivity index (χ3n) is 3.32. The van der Waals surface area contributed by atoms with E-state index in [-0.39, 0.29) is 17.4 Å². The largest absolute Gasteiger partial charge is 0.325 e. The maximum atomic E-state index is 11.9. The fourth-order valence-corrected chi connectivity index (χ4v) is 2.28. The molecule has 4 nitrogen and oxygen atoms in total. The molecule has 1 N–H and O–H groups in total. The zero-order valence-electron chi connectivity index (χ0n) is 10.1. The molecule has 0 bridgehead atoms. The Morgan fingerprint density at radius 2 is 2.12 bits per heavy atom. The van der Waals surface area contributed by atoms with Crippen LogP contribution in [0.3, 0.4) is 0 Å². The summed E-state index contributed by atoms with van der Waals surface area (Å²) >= 11 is 0. The number of aromatic nitrogens is 1. The Kier molecular flexibility index (Phi) is 3.61. The number of hydrogen-bond donors (Lipinski definition) is 1. The number of carbonyl (C=O) groups excluding carboxylic acids is 1. The molecule has 1 aliphatic carbocycles. The van der Waals surface area contributed by atoms with Gasteiger partial charge in [-0.3, -0.25) is 9.59 Å². The molecule has 0 atom stereocenters. The van der Waals surface area contributed by atoms with Gasteiger partial charge in [0.05, 0.1) is 5.69 Å². The number of amides is 1. The first-order valence-electron chi connectivity index (χ1n) is 6.22. The van der Waals surface area contributed by atoms with Gasteiger partial charge in [-0.1, -0.05) is 12.8 Å². The molecule has 1 amide bonds. The number of carbonyl (C=O) groups is 1. The second-order valence-corrected chi connectivity index (χ2v) is 4.51. The van der Waals surface area contributed by atoms with Gasteiger partial charge < -0.3 is 9.88 Å². The normalized spacial score (nSPS) is 16.1. The number of nitrogens with one attached hydrogen (secondary N) is 1. The number of anilines is 1. The Hall–Kier alpha value is -1.58. The van der Waals surface area contributed by atoms with Gasteiger partial charge in [-0.05, 0) is 25.8 Å². The van der Waals surface area contributed by atoms with Crippen LogP contribution in [0.5, 0.6) is 0 Å². The SMILES string of the molecule is CCn1cc(NC(=O)C2CCCC2)ccc1=O. The molecular weight excluding hydrogens is 216 g/mol. The minimum Gasteiger partial charge on any atom is -0.325 e. The molecule has 0 aliphatic heterocycles. The summed E-state index contributed by atoms with van der Waals surface area (Å²) in [5, 5.41) is 2.89. The summed E-state index contributed by atoms with van der Waals surface area (Å²) in [5.74, 6) is 0.237. The smallest absolute Gasteiger partial charge is 0.250 e. The van der Waals surface area contributed by atoms with E-state index in [4.69, 9.17) is 0 Å². The van der Waals surface area contributed by atoms with Crippen LogP contribution in [0.1, 0.15) is 32.6 Å². The van der Waals surface area contributed by atoms with Gasteiger partial charge in [0, 0.05) is 24.7 Å². The molecule has 1 fully saturated rings. The van der Waals surface area contributed by atoms with Gasteiger partial charge in [0.2, 0.25) is 5.91 Å². The van der Waals surface area contributed by atoms with Crippen molar-refractivity contribution in [3.8, 4) is 0 Å². The van der Waals surface area contributed by atoms with E-state index in [1.807, 2.05) is 6.92 Å². The standard InChI is InChI=1S/C13H18N2O2/c1-2-15-9-11(7-8-12(15)16)14-13(17)10-5-3-4-6-10/h7-10H,2-6H2,1H3,(H,14,17). The van der Waals surface area contributed by atoms with Crippen molar-refractivity contribution in [1.82, 2.24) is 4.57 Å². The van der Waals surface area contributed by atoms with Crippen LogP contribution in [0, 0.1) is 5.92 Å². The van der Waals surface area contributed by atoms with E-state index in [0.29, 0.717) is 12.2 Å². The first-order valence-corrected chi connectivity index (χ1v) is 6.22. The predicted molar refractivity (Wildman–Crippen MR) is 67.0 cm³/mol. The molecule has 17 heavy (non-hydrogen) atoms. The highest BCUT2D eigenvalue weighted by Crippen LogP contribution is 2.25. The van der Waals surface area contributed by atoms with Crippen LogP contribution in [0.4, 0.5) is 5.69 Å². The van der Waals surface area contributed by atoms with E-state index in [0.717, 1.165) is 25.7 Å². The van der Waals surface area contributed by atoms with E-state index >= 15 is 0 Å². The molecule has 1 aromatic rings. The lowest BCUT2D eigenvalue weighted by Gasteiger charge is -2.11. The summed E-state index contributed by atoms with van der Waals surface area (Å²) in [7, 11) is 0. The van der Waals surface area contributed by atoms with Gasteiger partial charge in [-0.2, -0.15) is 0 Å². The van der Waals surface area contributed by atoms with E-state index < -0.39 is 0 Å². The minimum absolute atomic E-state index is 0.0358. The first kappa shape index (κ1) is 11.9. The van der Waals surface area contributed by atoms with Crippen LogP contribution in [0.15, 0.2) is 23.1 Å². The van der Waals surface area contributed by atoms with Gasteiger partial charge in [-0.25, -0.2) is 0 Å². The van der Waals surface area contributed by atoms with Gasteiger partial charge >= 0.3 is 0 Å². The van der Waals surface area contributed by atoms with Crippen LogP contribution in [-0.2, 0) is 11.3 Å². The quantitative estimate of drug-likeness (QED) is 0.869. The van der Waals surface area contributed by atoms with Gasteiger partial charge in [-0.15, -0.1) is 0 Å². The van der Waals surface area contributed by atoms with E-state index in [1.165, 1.54) is 6.07 Å². The Balaban J connectivity index is 2.07. The molecular formula is C13H18N2O2. The highest BCUT2D eigenvalue weighted by molar-refractivity contribution is 5.92. The zero-order valence-corrected chi connectivity index (χ0v) is 10.1. The third kappa shape index (κ3) is 2.75. The topological polar surface area (TPSA) is 51.1 Å². The lowest BCUT2D eigenvalue weighted by molar-refractivity contribution is -0.119. The first-order chi connectivity index (χ1) is 8.20. The van der Waals surface area contributed by atoms with Gasteiger partial charge in [0.15, 0.2) is 0 Å². The maximum absolute atomic E-state index is 11.9. The van der Waals surface area contributed by atoms with E-state index in [2.05, 4.69) is 5.32 Å². The van der Waals surface area contributed by atoms with Crippen molar-refractivity contribution in [2.75, 3.05) is 5.32 Å². The molecule has 1 saturated carbocycles. The molecule has 0 aromatic carbocycles. The Bertz CT molecular complexity index is 459. The highest BCUT2D eigenvalue weighted by atomic mass is 16.2. The van der Waals surface area contributed by atoms with E-state index in [1.54, 1.807) is 16.8 Å². The molecule has 0 saturated heterocycles. The van der Waals surface area contributed by atoms with Crippen LogP contribution in [0.25, 0.3) is 0 Å². The molecule has 92 valence electrons. The fraction of sp³-hybridized carbons (Fsp3) is 0.538. The molecule has 1 aliphatic rings. The highest BCUT2D eigenvalue weighted by Gasteiger charge is 2.22. The average molecular weight is 234 g/mol. The van der Waals surface area contributed by atoms with Crippen molar-refractivity contribution in [3.63, 3.8) is 0 Å². The average Bonchev–Trinajstić information content (AvgIpc) is 2.85. The van der Waals surface area contributed by atoms with Crippen LogP contribution in [-0.4, -0.2) is 10.5 Å². The van der Waals surface area contributed by atoms with Crippen molar-refractivity contribution in [1.29, 1.82) is 0 Å². The summed E-state index contributed by atoms with van der Waals surface area (Å²) < 4.78 is 1.59. The fourth-order valence-electron chi connectivity index (χ4n) is 2.28. The summed E-state index contributed by atoms with van der Waals surface area (Å²) in [6.07, 6.45) is 5.97. The van der Waals surface area contributed by atoms with Crippen molar-refractivity contribution in [2.45, 2.75) is 39.2 Å². The van der Waals surface area contributed by atoms with E-state index in [9.17, 15) is 9.59 Å². The Morgan fingerprint density at radius 3 is 2.76 bits per heavy atom. The van der Waals surface area contributed by atoms with Gasteiger partial charge in [0.1, 0.15) is 0 Å². The Labute approximate surface area is 101 Å². The molecule has 4 heteroatoms. The summed E-state index contributed by atoms with van der Waals surface area (Å²) in [6, 6.07) is 3.16. The van der Waals surface area contributed by atoms with Gasteiger partial charge in [0.25, 0.3) is 5.56 Å².